The molecule has 14 heteroatoms. The number of alkyl halides is 3. The highest BCUT2D eigenvalue weighted by molar-refractivity contribution is 6.21. The number of ether oxygens (including phenoxy) is 8. The Hall–Kier alpha value is -3.59. The third-order valence-electron chi connectivity index (χ3n) is 10.2. The Morgan fingerprint density at radius 2 is 1.08 bits per heavy atom. The smallest absolute Gasteiger partial charge is 0.305 e. The third kappa shape index (κ3) is 13.0. The van der Waals surface area contributed by atoms with Crippen LogP contribution in [0.1, 0.15) is 47.9 Å². The van der Waals surface area contributed by atoms with Crippen molar-refractivity contribution in [2.24, 2.45) is 0 Å². The van der Waals surface area contributed by atoms with Crippen molar-refractivity contribution in [1.82, 2.24) is 0 Å². The lowest BCUT2D eigenvalue weighted by Gasteiger charge is -2.46. The summed E-state index contributed by atoms with van der Waals surface area (Å²) < 4.78 is 52.5. The van der Waals surface area contributed by atoms with Crippen molar-refractivity contribution in [3.63, 3.8) is 0 Å². The number of rotatable bonds is 23. The first kappa shape index (κ1) is 45.9. The predicted molar refractivity (Wildman–Crippen MR) is 226 cm³/mol. The summed E-state index contributed by atoms with van der Waals surface area (Å²) >= 11 is 20.8. The van der Waals surface area contributed by atoms with Crippen molar-refractivity contribution in [3.8, 4) is 0 Å². The normalized spacial score (nSPS) is 26.4. The molecule has 9 atom stereocenters. The third-order valence-corrected chi connectivity index (χ3v) is 11.4. The first-order chi connectivity index (χ1) is 29.3. The fourth-order valence-corrected chi connectivity index (χ4v) is 7.98. The first-order valence-corrected chi connectivity index (χ1v) is 21.6. The van der Waals surface area contributed by atoms with E-state index in [1.807, 2.05) is 121 Å². The Morgan fingerprint density at radius 1 is 0.617 bits per heavy atom. The van der Waals surface area contributed by atoms with Gasteiger partial charge in [-0.1, -0.05) is 121 Å². The average molecular weight is 886 g/mol. The predicted octanol–water partition coefficient (Wildman–Crippen LogP) is 8.44. The summed E-state index contributed by atoms with van der Waals surface area (Å²) in [5, 5.41) is 8.11. The van der Waals surface area contributed by atoms with Crippen LogP contribution in [-0.2, 0) is 73.9 Å². The van der Waals surface area contributed by atoms with Crippen LogP contribution >= 0.6 is 34.8 Å². The summed E-state index contributed by atoms with van der Waals surface area (Å²) in [5.41, 5.74) is 3.62. The van der Waals surface area contributed by atoms with Crippen molar-refractivity contribution in [1.29, 1.82) is 0 Å². The van der Waals surface area contributed by atoms with Crippen molar-refractivity contribution >= 4 is 46.7 Å². The molecule has 2 fully saturated rings. The van der Waals surface area contributed by atoms with Gasteiger partial charge in [-0.3, -0.25) is 9.59 Å². The Kier molecular flexibility index (Phi) is 18.0. The van der Waals surface area contributed by atoms with Crippen LogP contribution in [-0.4, -0.2) is 89.5 Å². The maximum Gasteiger partial charge on any atom is 0.305 e. The quantitative estimate of drug-likeness (QED) is 0.0438. The van der Waals surface area contributed by atoms with Crippen LogP contribution in [0, 0.1) is 0 Å². The Labute approximate surface area is 366 Å². The molecule has 2 saturated heterocycles. The van der Waals surface area contributed by atoms with Gasteiger partial charge in [0, 0.05) is 12.8 Å². The summed E-state index contributed by atoms with van der Waals surface area (Å²) in [5.74, 6) is -3.36. The van der Waals surface area contributed by atoms with Crippen molar-refractivity contribution < 1.29 is 52.6 Å². The second kappa shape index (κ2) is 23.6. The summed E-state index contributed by atoms with van der Waals surface area (Å²) in [6, 6.07) is 38.6. The van der Waals surface area contributed by atoms with E-state index in [-0.39, 0.29) is 57.6 Å². The molecule has 60 heavy (non-hydrogen) atoms. The van der Waals surface area contributed by atoms with Gasteiger partial charge in [-0.2, -0.15) is 0 Å². The average Bonchev–Trinajstić information content (AvgIpc) is 3.58. The van der Waals surface area contributed by atoms with E-state index in [0.717, 1.165) is 22.3 Å². The van der Waals surface area contributed by atoms with E-state index in [0.29, 0.717) is 12.8 Å². The fourth-order valence-electron chi connectivity index (χ4n) is 7.11. The largest absolute Gasteiger partial charge is 0.481 e. The molecule has 2 aliphatic heterocycles. The van der Waals surface area contributed by atoms with Crippen LogP contribution in [0.5, 0.6) is 0 Å². The van der Waals surface area contributed by atoms with Crippen LogP contribution < -0.4 is 0 Å². The van der Waals surface area contributed by atoms with Gasteiger partial charge in [0.05, 0.1) is 43.6 Å². The minimum atomic E-state index is -1.70. The molecule has 322 valence electrons. The molecule has 4 aromatic carbocycles. The molecule has 0 aliphatic carbocycles. The number of esters is 1. The van der Waals surface area contributed by atoms with Gasteiger partial charge in [0.1, 0.15) is 43.2 Å². The topological polar surface area (TPSA) is 128 Å². The lowest BCUT2D eigenvalue weighted by Crippen LogP contribution is -2.62. The van der Waals surface area contributed by atoms with E-state index in [2.05, 4.69) is 0 Å². The fraction of sp³-hybridized carbons (Fsp3) is 0.435. The van der Waals surface area contributed by atoms with Gasteiger partial charge >= 0.3 is 11.9 Å². The molecule has 0 saturated carbocycles. The van der Waals surface area contributed by atoms with E-state index in [1.165, 1.54) is 0 Å². The molecule has 6 rings (SSSR count). The van der Waals surface area contributed by atoms with Gasteiger partial charge < -0.3 is 43.0 Å². The summed E-state index contributed by atoms with van der Waals surface area (Å²) in [4.78, 5) is 23.9. The molecule has 0 aromatic heterocycles. The van der Waals surface area contributed by atoms with Crippen LogP contribution in [0.25, 0.3) is 0 Å². The molecule has 11 nitrogen and oxygen atoms in total. The summed E-state index contributed by atoms with van der Waals surface area (Å²) in [6.07, 6.45) is -5.79. The zero-order valence-electron chi connectivity index (χ0n) is 33.1. The van der Waals surface area contributed by atoms with Gasteiger partial charge in [0.2, 0.25) is 5.79 Å². The molecule has 0 unspecified atom stereocenters. The minimum Gasteiger partial charge on any atom is -0.481 e. The lowest BCUT2D eigenvalue weighted by molar-refractivity contribution is -0.368. The summed E-state index contributed by atoms with van der Waals surface area (Å²) in [7, 11) is 0. The molecule has 2 aliphatic rings. The maximum atomic E-state index is 12.9. The molecule has 0 radical (unpaired) electrons. The number of carbonyl (C=O) groups excluding carboxylic acids is 1. The van der Waals surface area contributed by atoms with Gasteiger partial charge in [0.15, 0.2) is 6.29 Å². The second-order valence-corrected chi connectivity index (χ2v) is 15.7. The van der Waals surface area contributed by atoms with Crippen molar-refractivity contribution in [3.05, 3.63) is 144 Å². The number of aliphatic carboxylic acids is 1. The first-order valence-electron chi connectivity index (χ1n) is 20.0. The van der Waals surface area contributed by atoms with E-state index < -0.39 is 66.0 Å². The molecule has 2 heterocycles. The molecular formula is C46H51Cl3O11. The zero-order chi connectivity index (χ0) is 42.2. The minimum absolute atomic E-state index is 0.0252. The number of hydrogen-bond donors (Lipinski definition) is 1. The molecule has 0 spiro atoms. The number of carboxylic acids is 1. The SMILES string of the molecule is O=C(O)CCCCC(=O)OC[C@H]1O[C@H](O[C@]2(CCl)O[C@H](CCl)[C@@H](OCc3ccccc3)[C@@H]2OCc2ccccc2)[C@H](OCc2ccccc2)[C@@H](OCc2ccccc2)[C@H]1Cl. The van der Waals surface area contributed by atoms with Crippen LogP contribution in [0.3, 0.4) is 0 Å². The Bertz CT molecular complexity index is 1860. The zero-order valence-corrected chi connectivity index (χ0v) is 35.4. The maximum absolute atomic E-state index is 12.9. The van der Waals surface area contributed by atoms with Crippen molar-refractivity contribution in [2.75, 3.05) is 18.4 Å². The number of halogens is 3. The van der Waals surface area contributed by atoms with Gasteiger partial charge in [-0.25, -0.2) is 0 Å². The molecule has 4 aromatic rings. The number of hydrogen-bond acceptors (Lipinski definition) is 10. The Balaban J connectivity index is 1.32. The van der Waals surface area contributed by atoms with Gasteiger partial charge in [0.25, 0.3) is 0 Å². The molecule has 0 amide bonds. The second-order valence-electron chi connectivity index (χ2n) is 14.6. The highest BCUT2D eigenvalue weighted by atomic mass is 35.5. The number of carbonyl (C=O) groups is 2. The van der Waals surface area contributed by atoms with Crippen LogP contribution in [0.2, 0.25) is 0 Å². The molecule has 0 bridgehead atoms. The number of benzene rings is 4. The van der Waals surface area contributed by atoms with Gasteiger partial charge in [-0.05, 0) is 35.1 Å². The van der Waals surface area contributed by atoms with Crippen molar-refractivity contribution in [2.45, 2.75) is 106 Å². The van der Waals surface area contributed by atoms with E-state index in [4.69, 9.17) is 77.8 Å². The van der Waals surface area contributed by atoms with Crippen LogP contribution in [0.15, 0.2) is 121 Å². The standard InChI is InChI=1S/C46H51Cl3O11/c47-25-36-41(54-26-32-15-5-1-6-16-32)44(57-29-35-21-11-4-12-22-35)46(31-48,59-36)60-45-43(56-28-34-19-9-3-10-20-34)42(55-27-33-17-7-2-8-18-33)40(49)37(58-45)30-53-39(52)24-14-13-23-38(50)51/h1-12,15-22,36-37,40-45H,13-14,23-31H2,(H,50,51)/t36-,37-,40+,41-,42+,43-,44+,45-,46+/m1/s1. The van der Waals surface area contributed by atoms with Crippen LogP contribution in [0.4, 0.5) is 0 Å². The number of unbranched alkanes of at least 4 members (excludes halogenated alkanes) is 1. The summed E-state index contributed by atoms with van der Waals surface area (Å²) in [6.45, 7) is 0.482. The van der Waals surface area contributed by atoms with Gasteiger partial charge in [-0.15, -0.1) is 34.8 Å². The molecular weight excluding hydrogens is 835 g/mol. The number of carboxylic acid groups (broad SMARTS) is 1. The molecule has 1 N–H and O–H groups in total. The highest BCUT2D eigenvalue weighted by Gasteiger charge is 2.61. The monoisotopic (exact) mass is 884 g/mol. The van der Waals surface area contributed by atoms with E-state index in [9.17, 15) is 9.59 Å². The van der Waals surface area contributed by atoms with E-state index >= 15 is 0 Å². The van der Waals surface area contributed by atoms with E-state index in [1.54, 1.807) is 0 Å². The Morgan fingerprint density at radius 3 is 1.57 bits per heavy atom. The lowest BCUT2D eigenvalue weighted by atomic mass is 10.00. The highest BCUT2D eigenvalue weighted by Crippen LogP contribution is 2.43.